The predicted molar refractivity (Wildman–Crippen MR) is 62.6 cm³/mol. The van der Waals surface area contributed by atoms with Crippen LogP contribution in [0.2, 0.25) is 0 Å². The summed E-state index contributed by atoms with van der Waals surface area (Å²) in [4.78, 5) is 13.2. The molecule has 80 valence electrons. The standard InChI is InChI=1S/C13H17NO/c1-3-13(15)14(4-2)11-10-12-8-6-5-7-9-12/h3,5-9H,1,4,10-11H2,2H3. The largest absolute Gasteiger partial charge is 0.339 e. The Morgan fingerprint density at radius 3 is 2.60 bits per heavy atom. The number of likely N-dealkylation sites (N-methyl/N-ethyl adjacent to an activating group) is 1. The number of hydrogen-bond acceptors (Lipinski definition) is 1. The fraction of sp³-hybridized carbons (Fsp3) is 0.308. The maximum absolute atomic E-state index is 11.4. The van der Waals surface area contributed by atoms with Gasteiger partial charge in [-0.2, -0.15) is 0 Å². The minimum atomic E-state index is 0.00781. The molecule has 2 heteroatoms. The first-order chi connectivity index (χ1) is 7.27. The minimum Gasteiger partial charge on any atom is -0.339 e. The van der Waals surface area contributed by atoms with Crippen molar-refractivity contribution in [3.05, 3.63) is 48.6 Å². The van der Waals surface area contributed by atoms with Crippen LogP contribution in [0.15, 0.2) is 43.0 Å². The fourth-order valence-electron chi connectivity index (χ4n) is 1.46. The summed E-state index contributed by atoms with van der Waals surface area (Å²) < 4.78 is 0. The van der Waals surface area contributed by atoms with Crippen molar-refractivity contribution in [3.63, 3.8) is 0 Å². The lowest BCUT2D eigenvalue weighted by Gasteiger charge is -2.18. The van der Waals surface area contributed by atoms with Gasteiger partial charge in [0.05, 0.1) is 0 Å². The van der Waals surface area contributed by atoms with Gasteiger partial charge in [-0.25, -0.2) is 0 Å². The van der Waals surface area contributed by atoms with Gasteiger partial charge >= 0.3 is 0 Å². The van der Waals surface area contributed by atoms with Gasteiger partial charge in [0.1, 0.15) is 0 Å². The summed E-state index contributed by atoms with van der Waals surface area (Å²) in [5, 5.41) is 0. The molecule has 0 spiro atoms. The summed E-state index contributed by atoms with van der Waals surface area (Å²) in [7, 11) is 0. The van der Waals surface area contributed by atoms with Gasteiger partial charge in [-0.3, -0.25) is 4.79 Å². The van der Waals surface area contributed by atoms with Crippen LogP contribution in [0.5, 0.6) is 0 Å². The first kappa shape index (κ1) is 11.5. The average Bonchev–Trinajstić information content (AvgIpc) is 2.31. The van der Waals surface area contributed by atoms with Gasteiger partial charge in [0.2, 0.25) is 5.91 Å². The Morgan fingerprint density at radius 2 is 2.07 bits per heavy atom. The summed E-state index contributed by atoms with van der Waals surface area (Å²) >= 11 is 0. The molecular formula is C13H17NO. The Labute approximate surface area is 91.2 Å². The molecule has 0 aliphatic carbocycles. The van der Waals surface area contributed by atoms with E-state index in [1.807, 2.05) is 25.1 Å². The Hall–Kier alpha value is -1.57. The van der Waals surface area contributed by atoms with Crippen LogP contribution in [0.1, 0.15) is 12.5 Å². The highest BCUT2D eigenvalue weighted by atomic mass is 16.2. The van der Waals surface area contributed by atoms with Crippen molar-refractivity contribution >= 4 is 5.91 Å². The highest BCUT2D eigenvalue weighted by Gasteiger charge is 2.06. The van der Waals surface area contributed by atoms with Crippen LogP contribution in [0.25, 0.3) is 0 Å². The zero-order valence-electron chi connectivity index (χ0n) is 9.15. The summed E-state index contributed by atoms with van der Waals surface area (Å²) in [5.41, 5.74) is 1.26. The molecule has 0 fully saturated rings. The van der Waals surface area contributed by atoms with Gasteiger partial charge in [-0.1, -0.05) is 36.9 Å². The quantitative estimate of drug-likeness (QED) is 0.672. The number of carbonyl (C=O) groups excluding carboxylic acids is 1. The summed E-state index contributed by atoms with van der Waals surface area (Å²) in [6.45, 7) is 6.96. The number of amides is 1. The van der Waals surface area contributed by atoms with Crippen molar-refractivity contribution in [1.82, 2.24) is 4.90 Å². The molecule has 0 saturated heterocycles. The Kier molecular flexibility index (Phi) is 4.61. The van der Waals surface area contributed by atoms with Crippen LogP contribution >= 0.6 is 0 Å². The molecule has 1 amide bonds. The predicted octanol–water partition coefficient (Wildman–Crippen LogP) is 2.26. The van der Waals surface area contributed by atoms with E-state index in [4.69, 9.17) is 0 Å². The molecule has 1 aromatic carbocycles. The molecule has 15 heavy (non-hydrogen) atoms. The van der Waals surface area contributed by atoms with E-state index >= 15 is 0 Å². The Morgan fingerprint density at radius 1 is 1.40 bits per heavy atom. The highest BCUT2D eigenvalue weighted by Crippen LogP contribution is 2.01. The van der Waals surface area contributed by atoms with E-state index in [0.29, 0.717) is 0 Å². The van der Waals surface area contributed by atoms with Gasteiger partial charge in [0.15, 0.2) is 0 Å². The lowest BCUT2D eigenvalue weighted by Crippen LogP contribution is -2.31. The van der Waals surface area contributed by atoms with E-state index in [2.05, 4.69) is 18.7 Å². The lowest BCUT2D eigenvalue weighted by atomic mass is 10.1. The highest BCUT2D eigenvalue weighted by molar-refractivity contribution is 5.86. The van der Waals surface area contributed by atoms with Gasteiger partial charge < -0.3 is 4.90 Å². The third kappa shape index (κ3) is 3.58. The summed E-state index contributed by atoms with van der Waals surface area (Å²) in [6.07, 6.45) is 2.27. The van der Waals surface area contributed by atoms with Gasteiger partial charge in [0, 0.05) is 13.1 Å². The number of nitrogens with zero attached hydrogens (tertiary/aromatic N) is 1. The van der Waals surface area contributed by atoms with Gasteiger partial charge in [0.25, 0.3) is 0 Å². The second kappa shape index (κ2) is 6.02. The molecule has 0 N–H and O–H groups in total. The van der Waals surface area contributed by atoms with Crippen molar-refractivity contribution in [1.29, 1.82) is 0 Å². The van der Waals surface area contributed by atoms with E-state index in [1.165, 1.54) is 11.6 Å². The van der Waals surface area contributed by atoms with Gasteiger partial charge in [-0.15, -0.1) is 0 Å². The maximum Gasteiger partial charge on any atom is 0.245 e. The van der Waals surface area contributed by atoms with Crippen molar-refractivity contribution in [2.75, 3.05) is 13.1 Å². The van der Waals surface area contributed by atoms with E-state index in [0.717, 1.165) is 19.5 Å². The Balaban J connectivity index is 2.48. The third-order valence-electron chi connectivity index (χ3n) is 2.38. The summed E-state index contributed by atoms with van der Waals surface area (Å²) in [6, 6.07) is 10.2. The first-order valence-electron chi connectivity index (χ1n) is 5.23. The molecule has 0 saturated carbocycles. The topological polar surface area (TPSA) is 20.3 Å². The van der Waals surface area contributed by atoms with E-state index in [9.17, 15) is 4.79 Å². The molecule has 1 rings (SSSR count). The smallest absolute Gasteiger partial charge is 0.245 e. The fourth-order valence-corrected chi connectivity index (χ4v) is 1.46. The van der Waals surface area contributed by atoms with E-state index in [1.54, 1.807) is 4.90 Å². The summed E-state index contributed by atoms with van der Waals surface area (Å²) in [5.74, 6) is 0.00781. The molecule has 0 radical (unpaired) electrons. The second-order valence-electron chi connectivity index (χ2n) is 3.36. The molecule has 0 unspecified atom stereocenters. The monoisotopic (exact) mass is 203 g/mol. The lowest BCUT2D eigenvalue weighted by molar-refractivity contribution is -0.125. The molecule has 0 aliphatic rings. The van der Waals surface area contributed by atoms with Crippen LogP contribution in [0.4, 0.5) is 0 Å². The SMILES string of the molecule is C=CC(=O)N(CC)CCc1ccccc1. The number of benzene rings is 1. The van der Waals surface area contributed by atoms with E-state index < -0.39 is 0 Å². The van der Waals surface area contributed by atoms with E-state index in [-0.39, 0.29) is 5.91 Å². The van der Waals surface area contributed by atoms with Gasteiger partial charge in [-0.05, 0) is 25.0 Å². The minimum absolute atomic E-state index is 0.00781. The zero-order chi connectivity index (χ0) is 11.1. The molecule has 0 aromatic heterocycles. The van der Waals surface area contributed by atoms with Crippen molar-refractivity contribution in [2.24, 2.45) is 0 Å². The van der Waals surface area contributed by atoms with Crippen molar-refractivity contribution in [3.8, 4) is 0 Å². The molecule has 0 heterocycles. The second-order valence-corrected chi connectivity index (χ2v) is 3.36. The first-order valence-corrected chi connectivity index (χ1v) is 5.23. The zero-order valence-corrected chi connectivity index (χ0v) is 9.15. The van der Waals surface area contributed by atoms with Crippen LogP contribution in [-0.4, -0.2) is 23.9 Å². The molecule has 0 atom stereocenters. The van der Waals surface area contributed by atoms with Crippen LogP contribution in [-0.2, 0) is 11.2 Å². The molecule has 1 aromatic rings. The number of hydrogen-bond donors (Lipinski definition) is 0. The molecule has 2 nitrogen and oxygen atoms in total. The average molecular weight is 203 g/mol. The van der Waals surface area contributed by atoms with Crippen LogP contribution in [0.3, 0.4) is 0 Å². The van der Waals surface area contributed by atoms with Crippen molar-refractivity contribution < 1.29 is 4.79 Å². The normalized spacial score (nSPS) is 9.67. The molecule has 0 bridgehead atoms. The molecule has 0 aliphatic heterocycles. The number of rotatable bonds is 5. The van der Waals surface area contributed by atoms with Crippen LogP contribution in [0, 0.1) is 0 Å². The number of carbonyl (C=O) groups is 1. The third-order valence-corrected chi connectivity index (χ3v) is 2.38. The molecular weight excluding hydrogens is 186 g/mol. The maximum atomic E-state index is 11.4. The van der Waals surface area contributed by atoms with Crippen LogP contribution < -0.4 is 0 Å². The van der Waals surface area contributed by atoms with Crippen molar-refractivity contribution in [2.45, 2.75) is 13.3 Å². The Bertz CT molecular complexity index is 319.